The van der Waals surface area contributed by atoms with E-state index in [1.165, 1.54) is 18.2 Å². The normalized spacial score (nSPS) is 15.1. The van der Waals surface area contributed by atoms with Gasteiger partial charge in [-0.2, -0.15) is 0 Å². The van der Waals surface area contributed by atoms with Gasteiger partial charge in [-0.15, -0.1) is 0 Å². The van der Waals surface area contributed by atoms with Crippen LogP contribution in [0.4, 0.5) is 11.4 Å². The largest absolute Gasteiger partial charge is 0.478 e. The van der Waals surface area contributed by atoms with Gasteiger partial charge in [-0.3, -0.25) is 10.1 Å². The second-order valence-corrected chi connectivity index (χ2v) is 4.37. The molecular formula is C13H14N2O4. The van der Waals surface area contributed by atoms with Crippen LogP contribution in [-0.2, 0) is 4.79 Å². The van der Waals surface area contributed by atoms with E-state index in [0.29, 0.717) is 5.56 Å². The number of aliphatic carboxylic acids is 1. The highest BCUT2D eigenvalue weighted by Crippen LogP contribution is 2.29. The molecule has 6 nitrogen and oxygen atoms in total. The van der Waals surface area contributed by atoms with Crippen molar-refractivity contribution in [1.29, 1.82) is 0 Å². The first-order valence-electron chi connectivity index (χ1n) is 6.02. The van der Waals surface area contributed by atoms with Gasteiger partial charge in [0.05, 0.1) is 4.92 Å². The summed E-state index contributed by atoms with van der Waals surface area (Å²) in [7, 11) is 0. The van der Waals surface area contributed by atoms with Crippen LogP contribution in [0.1, 0.15) is 18.4 Å². The lowest BCUT2D eigenvalue weighted by atomic mass is 10.1. The molecule has 1 aromatic carbocycles. The molecule has 0 atom stereocenters. The van der Waals surface area contributed by atoms with Gasteiger partial charge >= 0.3 is 5.97 Å². The highest BCUT2D eigenvalue weighted by molar-refractivity contribution is 5.87. The van der Waals surface area contributed by atoms with E-state index in [-0.39, 0.29) is 5.69 Å². The molecule has 100 valence electrons. The van der Waals surface area contributed by atoms with Crippen molar-refractivity contribution in [3.05, 3.63) is 40.0 Å². The highest BCUT2D eigenvalue weighted by atomic mass is 16.6. The zero-order valence-electron chi connectivity index (χ0n) is 10.3. The maximum atomic E-state index is 10.8. The molecular weight excluding hydrogens is 248 g/mol. The highest BCUT2D eigenvalue weighted by Gasteiger charge is 2.17. The van der Waals surface area contributed by atoms with Crippen molar-refractivity contribution < 1.29 is 14.8 Å². The Kier molecular flexibility index (Phi) is 3.79. The molecule has 0 radical (unpaired) electrons. The molecule has 0 unspecified atom stereocenters. The van der Waals surface area contributed by atoms with Gasteiger partial charge in [-0.25, -0.2) is 4.79 Å². The summed E-state index contributed by atoms with van der Waals surface area (Å²) in [5.74, 6) is -1.07. The van der Waals surface area contributed by atoms with Crippen LogP contribution >= 0.6 is 0 Å². The molecule has 19 heavy (non-hydrogen) atoms. The minimum absolute atomic E-state index is 0.0343. The SMILES string of the molecule is O=C(O)/C=C/c1cc([N+](=O)[O-])ccc1N1CCCC1. The summed E-state index contributed by atoms with van der Waals surface area (Å²) in [4.78, 5) is 23.0. The first-order chi connectivity index (χ1) is 9.08. The number of nitro benzene ring substituents is 1. The molecule has 0 spiro atoms. The average Bonchev–Trinajstić information content (AvgIpc) is 2.89. The van der Waals surface area contributed by atoms with Crippen molar-refractivity contribution in [2.45, 2.75) is 12.8 Å². The van der Waals surface area contributed by atoms with E-state index in [1.807, 2.05) is 0 Å². The van der Waals surface area contributed by atoms with Gasteiger partial charge in [0.15, 0.2) is 0 Å². The van der Waals surface area contributed by atoms with E-state index in [9.17, 15) is 14.9 Å². The molecule has 1 aromatic rings. The average molecular weight is 262 g/mol. The molecule has 0 bridgehead atoms. The van der Waals surface area contributed by atoms with Crippen LogP contribution in [0.25, 0.3) is 6.08 Å². The Morgan fingerprint density at radius 1 is 1.37 bits per heavy atom. The predicted molar refractivity (Wildman–Crippen MR) is 71.2 cm³/mol. The van der Waals surface area contributed by atoms with Crippen molar-refractivity contribution in [2.24, 2.45) is 0 Å². The zero-order valence-corrected chi connectivity index (χ0v) is 10.3. The van der Waals surface area contributed by atoms with Gasteiger partial charge in [-0.05, 0) is 25.0 Å². The number of benzene rings is 1. The predicted octanol–water partition coefficient (Wildman–Crippen LogP) is 2.29. The molecule has 0 aliphatic carbocycles. The molecule has 1 aliphatic rings. The second-order valence-electron chi connectivity index (χ2n) is 4.37. The Morgan fingerprint density at radius 3 is 2.63 bits per heavy atom. The number of hydrogen-bond acceptors (Lipinski definition) is 4. The molecule has 0 amide bonds. The van der Waals surface area contributed by atoms with Crippen LogP contribution in [0.5, 0.6) is 0 Å². The third kappa shape index (κ3) is 3.09. The fourth-order valence-electron chi connectivity index (χ4n) is 2.20. The fraction of sp³-hybridized carbons (Fsp3) is 0.308. The summed E-state index contributed by atoms with van der Waals surface area (Å²) in [5.41, 5.74) is 1.38. The van der Waals surface area contributed by atoms with Crippen LogP contribution in [0.2, 0.25) is 0 Å². The third-order valence-corrected chi connectivity index (χ3v) is 3.07. The number of anilines is 1. The quantitative estimate of drug-likeness (QED) is 0.511. The number of carbonyl (C=O) groups is 1. The summed E-state index contributed by atoms with van der Waals surface area (Å²) < 4.78 is 0. The number of hydrogen-bond donors (Lipinski definition) is 1. The van der Waals surface area contributed by atoms with Crippen LogP contribution in [0.15, 0.2) is 24.3 Å². The topological polar surface area (TPSA) is 83.7 Å². The van der Waals surface area contributed by atoms with Crippen LogP contribution in [0.3, 0.4) is 0 Å². The molecule has 1 N–H and O–H groups in total. The Bertz CT molecular complexity index is 533. The second kappa shape index (κ2) is 5.51. The van der Waals surface area contributed by atoms with Gasteiger partial charge in [0.2, 0.25) is 0 Å². The summed E-state index contributed by atoms with van der Waals surface area (Å²) in [6.45, 7) is 1.79. The fourth-order valence-corrected chi connectivity index (χ4v) is 2.20. The zero-order chi connectivity index (χ0) is 13.8. The summed E-state index contributed by atoms with van der Waals surface area (Å²) in [5, 5.41) is 19.5. The van der Waals surface area contributed by atoms with Crippen molar-refractivity contribution >= 4 is 23.4 Å². The summed E-state index contributed by atoms with van der Waals surface area (Å²) in [6, 6.07) is 4.55. The third-order valence-electron chi connectivity index (χ3n) is 3.07. The smallest absolute Gasteiger partial charge is 0.328 e. The lowest BCUT2D eigenvalue weighted by Gasteiger charge is -2.19. The van der Waals surface area contributed by atoms with Crippen LogP contribution in [-0.4, -0.2) is 29.1 Å². The maximum absolute atomic E-state index is 10.8. The lowest BCUT2D eigenvalue weighted by molar-refractivity contribution is -0.384. The molecule has 1 saturated heterocycles. The standard InChI is InChI=1S/C13H14N2O4/c16-13(17)6-3-10-9-11(15(18)19)4-5-12(10)14-7-1-2-8-14/h3-6,9H,1-2,7-8H2,(H,16,17)/b6-3+. The van der Waals surface area contributed by atoms with E-state index in [2.05, 4.69) is 4.90 Å². The van der Waals surface area contributed by atoms with Crippen LogP contribution in [0, 0.1) is 10.1 Å². The number of rotatable bonds is 4. The number of non-ortho nitro benzene ring substituents is 1. The number of carboxylic acid groups (broad SMARTS) is 1. The number of carboxylic acids is 1. The van der Waals surface area contributed by atoms with Gasteiger partial charge in [-0.1, -0.05) is 0 Å². The minimum Gasteiger partial charge on any atom is -0.478 e. The molecule has 2 rings (SSSR count). The Balaban J connectivity index is 2.40. The van der Waals surface area contributed by atoms with Crippen molar-refractivity contribution in [3.63, 3.8) is 0 Å². The van der Waals surface area contributed by atoms with Gasteiger partial charge in [0.25, 0.3) is 5.69 Å². The van der Waals surface area contributed by atoms with Gasteiger partial charge in [0.1, 0.15) is 0 Å². The molecule has 1 fully saturated rings. The Labute approximate surface area is 110 Å². The van der Waals surface area contributed by atoms with Crippen molar-refractivity contribution in [3.8, 4) is 0 Å². The molecule has 1 aliphatic heterocycles. The minimum atomic E-state index is -1.07. The molecule has 0 aromatic heterocycles. The Morgan fingerprint density at radius 2 is 2.05 bits per heavy atom. The monoisotopic (exact) mass is 262 g/mol. The summed E-state index contributed by atoms with van der Waals surface area (Å²) >= 11 is 0. The van der Waals surface area contributed by atoms with Crippen molar-refractivity contribution in [1.82, 2.24) is 0 Å². The van der Waals surface area contributed by atoms with E-state index in [1.54, 1.807) is 6.07 Å². The lowest BCUT2D eigenvalue weighted by Crippen LogP contribution is -2.18. The van der Waals surface area contributed by atoms with Gasteiger partial charge < -0.3 is 10.0 Å². The van der Waals surface area contributed by atoms with Crippen molar-refractivity contribution in [2.75, 3.05) is 18.0 Å². The Hall–Kier alpha value is -2.37. The first kappa shape index (κ1) is 13.1. The van der Waals surface area contributed by atoms with E-state index in [4.69, 9.17) is 5.11 Å². The number of nitrogens with zero attached hydrogens (tertiary/aromatic N) is 2. The first-order valence-corrected chi connectivity index (χ1v) is 6.02. The summed E-state index contributed by atoms with van der Waals surface area (Å²) in [6.07, 6.45) is 4.57. The maximum Gasteiger partial charge on any atom is 0.328 e. The van der Waals surface area contributed by atoms with Gasteiger partial charge in [0, 0.05) is 42.5 Å². The molecule has 6 heteroatoms. The molecule has 1 heterocycles. The number of nitro groups is 1. The molecule has 0 saturated carbocycles. The van der Waals surface area contributed by atoms with E-state index < -0.39 is 10.9 Å². The van der Waals surface area contributed by atoms with E-state index >= 15 is 0 Å². The van der Waals surface area contributed by atoms with Crippen LogP contribution < -0.4 is 4.90 Å². The van der Waals surface area contributed by atoms with E-state index in [0.717, 1.165) is 37.7 Å².